The lowest BCUT2D eigenvalue weighted by molar-refractivity contribution is -0.385. The zero-order valence-electron chi connectivity index (χ0n) is 10.6. The molecule has 2 aromatic rings. The van der Waals surface area contributed by atoms with Crippen molar-refractivity contribution in [2.75, 3.05) is 0 Å². The maximum atomic E-state index is 13.5. The fourth-order valence-electron chi connectivity index (χ4n) is 1.61. The van der Waals surface area contributed by atoms with Crippen LogP contribution in [0.4, 0.5) is 10.1 Å². The van der Waals surface area contributed by atoms with Gasteiger partial charge < -0.3 is 15.7 Å². The molecule has 0 bridgehead atoms. The van der Waals surface area contributed by atoms with Gasteiger partial charge in [0, 0.05) is 11.6 Å². The SMILES string of the molecule is NC(=NO)c1ccc(Oc2ccccc2F)c([N+](=O)[O-])c1. The molecule has 0 saturated carbocycles. The van der Waals surface area contributed by atoms with E-state index in [0.717, 1.165) is 6.07 Å². The molecule has 7 nitrogen and oxygen atoms in total. The average Bonchev–Trinajstić information content (AvgIpc) is 2.49. The second-order valence-electron chi connectivity index (χ2n) is 3.96. The van der Waals surface area contributed by atoms with Crippen LogP contribution in [-0.2, 0) is 0 Å². The van der Waals surface area contributed by atoms with E-state index in [4.69, 9.17) is 15.7 Å². The highest BCUT2D eigenvalue weighted by molar-refractivity contribution is 5.97. The Kier molecular flexibility index (Phi) is 3.98. The summed E-state index contributed by atoms with van der Waals surface area (Å²) in [5.41, 5.74) is 5.08. The predicted molar refractivity (Wildman–Crippen MR) is 72.1 cm³/mol. The molecule has 0 atom stereocenters. The van der Waals surface area contributed by atoms with E-state index in [0.29, 0.717) is 0 Å². The van der Waals surface area contributed by atoms with Crippen molar-refractivity contribution in [3.05, 3.63) is 64.0 Å². The van der Waals surface area contributed by atoms with Crippen molar-refractivity contribution in [3.8, 4) is 11.5 Å². The van der Waals surface area contributed by atoms with E-state index in [2.05, 4.69) is 5.16 Å². The molecule has 0 fully saturated rings. The van der Waals surface area contributed by atoms with Gasteiger partial charge in [-0.1, -0.05) is 17.3 Å². The molecule has 21 heavy (non-hydrogen) atoms. The topological polar surface area (TPSA) is 111 Å². The van der Waals surface area contributed by atoms with Crippen LogP contribution in [0.2, 0.25) is 0 Å². The van der Waals surface area contributed by atoms with Gasteiger partial charge in [0.15, 0.2) is 17.4 Å². The highest BCUT2D eigenvalue weighted by atomic mass is 19.1. The van der Waals surface area contributed by atoms with Gasteiger partial charge in [-0.15, -0.1) is 0 Å². The van der Waals surface area contributed by atoms with E-state index in [1.807, 2.05) is 0 Å². The first-order valence-corrected chi connectivity index (χ1v) is 5.71. The second-order valence-corrected chi connectivity index (χ2v) is 3.96. The number of nitro groups is 1. The number of nitro benzene ring substituents is 1. The Morgan fingerprint density at radius 1 is 1.29 bits per heavy atom. The molecule has 8 heteroatoms. The maximum absolute atomic E-state index is 13.5. The van der Waals surface area contributed by atoms with Crippen molar-refractivity contribution >= 4 is 11.5 Å². The second kappa shape index (κ2) is 5.87. The number of para-hydroxylation sites is 1. The van der Waals surface area contributed by atoms with Crippen LogP contribution in [0.5, 0.6) is 11.5 Å². The molecule has 0 aromatic heterocycles. The van der Waals surface area contributed by atoms with Crippen LogP contribution in [0.1, 0.15) is 5.56 Å². The fraction of sp³-hybridized carbons (Fsp3) is 0. The van der Waals surface area contributed by atoms with Crippen LogP contribution < -0.4 is 10.5 Å². The highest BCUT2D eigenvalue weighted by Gasteiger charge is 2.19. The van der Waals surface area contributed by atoms with Crippen molar-refractivity contribution < 1.29 is 19.3 Å². The number of ether oxygens (including phenoxy) is 1. The molecule has 2 aromatic carbocycles. The zero-order chi connectivity index (χ0) is 15.4. The number of benzene rings is 2. The summed E-state index contributed by atoms with van der Waals surface area (Å²) >= 11 is 0. The zero-order valence-corrected chi connectivity index (χ0v) is 10.6. The summed E-state index contributed by atoms with van der Waals surface area (Å²) in [7, 11) is 0. The molecule has 0 aliphatic rings. The molecule has 0 spiro atoms. The van der Waals surface area contributed by atoms with Gasteiger partial charge in [0.2, 0.25) is 5.75 Å². The molecular formula is C13H10FN3O4. The van der Waals surface area contributed by atoms with Crippen LogP contribution >= 0.6 is 0 Å². The summed E-state index contributed by atoms with van der Waals surface area (Å²) in [4.78, 5) is 10.3. The third-order valence-corrected chi connectivity index (χ3v) is 2.62. The predicted octanol–water partition coefficient (Wildman–Crippen LogP) is 2.62. The van der Waals surface area contributed by atoms with E-state index in [1.54, 1.807) is 0 Å². The summed E-state index contributed by atoms with van der Waals surface area (Å²) in [6, 6.07) is 9.21. The van der Waals surface area contributed by atoms with Crippen LogP contribution in [0.3, 0.4) is 0 Å². The molecule has 108 valence electrons. The number of amidine groups is 1. The number of hydrogen-bond acceptors (Lipinski definition) is 5. The number of nitrogens with zero attached hydrogens (tertiary/aromatic N) is 2. The third-order valence-electron chi connectivity index (χ3n) is 2.62. The molecule has 0 aliphatic carbocycles. The Labute approximate surface area is 118 Å². The summed E-state index contributed by atoms with van der Waals surface area (Å²) in [5.74, 6) is -1.22. The van der Waals surface area contributed by atoms with Crippen molar-refractivity contribution in [2.24, 2.45) is 10.9 Å². The molecule has 0 unspecified atom stereocenters. The first kappa shape index (κ1) is 14.3. The average molecular weight is 291 g/mol. The number of halogens is 1. The van der Waals surface area contributed by atoms with E-state index in [1.165, 1.54) is 36.4 Å². The minimum atomic E-state index is -0.704. The Morgan fingerprint density at radius 2 is 2.00 bits per heavy atom. The number of nitrogens with two attached hydrogens (primary N) is 1. The highest BCUT2D eigenvalue weighted by Crippen LogP contribution is 2.33. The number of oxime groups is 1. The summed E-state index contributed by atoms with van der Waals surface area (Å²) < 4.78 is 18.7. The van der Waals surface area contributed by atoms with Crippen LogP contribution in [0.25, 0.3) is 0 Å². The van der Waals surface area contributed by atoms with E-state index in [-0.39, 0.29) is 22.9 Å². The lowest BCUT2D eigenvalue weighted by Gasteiger charge is -2.08. The van der Waals surface area contributed by atoms with Crippen molar-refractivity contribution in [1.29, 1.82) is 0 Å². The molecule has 3 N–H and O–H groups in total. The quantitative estimate of drug-likeness (QED) is 0.296. The first-order valence-electron chi connectivity index (χ1n) is 5.71. The standard InChI is InChI=1S/C13H10FN3O4/c14-9-3-1-2-4-11(9)21-12-6-5-8(13(15)16-18)7-10(12)17(19)20/h1-7,18H,(H2,15,16). The maximum Gasteiger partial charge on any atom is 0.312 e. The molecule has 0 amide bonds. The van der Waals surface area contributed by atoms with Gasteiger partial charge in [0.25, 0.3) is 0 Å². The Morgan fingerprint density at radius 3 is 2.62 bits per heavy atom. The van der Waals surface area contributed by atoms with Gasteiger partial charge in [-0.25, -0.2) is 4.39 Å². The Bertz CT molecular complexity index is 718. The van der Waals surface area contributed by atoms with E-state index >= 15 is 0 Å². The summed E-state index contributed by atoms with van der Waals surface area (Å²) in [5, 5.41) is 22.4. The van der Waals surface area contributed by atoms with Crippen LogP contribution in [-0.4, -0.2) is 16.0 Å². The molecule has 0 saturated heterocycles. The number of hydrogen-bond donors (Lipinski definition) is 2. The smallest absolute Gasteiger partial charge is 0.312 e. The van der Waals surface area contributed by atoms with Gasteiger partial charge in [0.1, 0.15) is 0 Å². The fourth-order valence-corrected chi connectivity index (χ4v) is 1.61. The van der Waals surface area contributed by atoms with Gasteiger partial charge >= 0.3 is 5.69 Å². The van der Waals surface area contributed by atoms with Crippen LogP contribution in [0.15, 0.2) is 47.6 Å². The Balaban J connectivity index is 2.44. The monoisotopic (exact) mass is 291 g/mol. The van der Waals surface area contributed by atoms with Crippen LogP contribution in [0, 0.1) is 15.9 Å². The van der Waals surface area contributed by atoms with Gasteiger partial charge in [-0.05, 0) is 24.3 Å². The summed E-state index contributed by atoms with van der Waals surface area (Å²) in [6.07, 6.45) is 0. The molecule has 0 heterocycles. The van der Waals surface area contributed by atoms with Gasteiger partial charge in [-0.2, -0.15) is 0 Å². The first-order chi connectivity index (χ1) is 10.0. The Hall–Kier alpha value is -3.16. The molecule has 2 rings (SSSR count). The van der Waals surface area contributed by atoms with E-state index in [9.17, 15) is 14.5 Å². The van der Waals surface area contributed by atoms with Crippen molar-refractivity contribution in [2.45, 2.75) is 0 Å². The van der Waals surface area contributed by atoms with Gasteiger partial charge in [0.05, 0.1) is 4.92 Å². The molecular weight excluding hydrogens is 281 g/mol. The molecule has 0 aliphatic heterocycles. The lowest BCUT2D eigenvalue weighted by Crippen LogP contribution is -2.13. The minimum Gasteiger partial charge on any atom is -0.447 e. The third kappa shape index (κ3) is 3.06. The molecule has 0 radical (unpaired) electrons. The summed E-state index contributed by atoms with van der Waals surface area (Å²) in [6.45, 7) is 0. The lowest BCUT2D eigenvalue weighted by atomic mass is 10.1. The van der Waals surface area contributed by atoms with Gasteiger partial charge in [-0.3, -0.25) is 10.1 Å². The number of rotatable bonds is 4. The van der Waals surface area contributed by atoms with Crippen molar-refractivity contribution in [1.82, 2.24) is 0 Å². The van der Waals surface area contributed by atoms with E-state index < -0.39 is 16.4 Å². The minimum absolute atomic E-state index is 0.142. The van der Waals surface area contributed by atoms with Crippen molar-refractivity contribution in [3.63, 3.8) is 0 Å². The largest absolute Gasteiger partial charge is 0.447 e. The normalized spacial score (nSPS) is 11.2.